The maximum absolute atomic E-state index is 12.5. The summed E-state index contributed by atoms with van der Waals surface area (Å²) in [7, 11) is 0.534. The predicted octanol–water partition coefficient (Wildman–Crippen LogP) is 1.55. The number of alkyl halides is 2. The van der Waals surface area contributed by atoms with Gasteiger partial charge in [0.1, 0.15) is 0 Å². The molecule has 0 fully saturated rings. The van der Waals surface area contributed by atoms with E-state index in [1.807, 2.05) is 0 Å². The zero-order chi connectivity index (χ0) is 11.8. The average Bonchev–Trinajstić information content (AvgIpc) is 1.99. The van der Waals surface area contributed by atoms with Crippen molar-refractivity contribution in [1.82, 2.24) is 4.98 Å². The SMILES string of the molecule is Cc1cc(=O)[nH]c(S(=O)(=O)Cl)c1C(F)F. The molecule has 1 aromatic rings. The van der Waals surface area contributed by atoms with Crippen LogP contribution in [0.4, 0.5) is 8.78 Å². The standard InChI is InChI=1S/C7H6ClF2NO3S/c1-3-2-4(12)11-7(15(8,13)14)5(3)6(9)10/h2,6H,1H3,(H,11,12). The third-order valence-corrected chi connectivity index (χ3v) is 2.99. The largest absolute Gasteiger partial charge is 0.312 e. The third kappa shape index (κ3) is 2.54. The third-order valence-electron chi connectivity index (χ3n) is 1.72. The van der Waals surface area contributed by atoms with Gasteiger partial charge in [-0.05, 0) is 12.5 Å². The fraction of sp³-hybridized carbons (Fsp3) is 0.286. The van der Waals surface area contributed by atoms with Gasteiger partial charge in [-0.2, -0.15) is 0 Å². The molecule has 0 radical (unpaired) electrons. The molecule has 0 amide bonds. The van der Waals surface area contributed by atoms with E-state index in [1.54, 1.807) is 4.98 Å². The molecule has 0 spiro atoms. The molecule has 0 saturated heterocycles. The van der Waals surface area contributed by atoms with Gasteiger partial charge >= 0.3 is 0 Å². The van der Waals surface area contributed by atoms with Gasteiger partial charge in [-0.25, -0.2) is 17.2 Å². The van der Waals surface area contributed by atoms with Crippen molar-refractivity contribution < 1.29 is 17.2 Å². The second-order valence-corrected chi connectivity index (χ2v) is 5.30. The van der Waals surface area contributed by atoms with E-state index in [-0.39, 0.29) is 5.56 Å². The van der Waals surface area contributed by atoms with Gasteiger partial charge in [-0.3, -0.25) is 4.79 Å². The van der Waals surface area contributed by atoms with E-state index in [9.17, 15) is 22.0 Å². The van der Waals surface area contributed by atoms with E-state index in [2.05, 4.69) is 0 Å². The Balaban J connectivity index is 3.70. The summed E-state index contributed by atoms with van der Waals surface area (Å²) >= 11 is 0. The molecule has 0 atom stereocenters. The minimum atomic E-state index is -4.39. The lowest BCUT2D eigenvalue weighted by Gasteiger charge is -2.08. The Hall–Kier alpha value is -0.950. The number of nitrogens with one attached hydrogen (secondary N) is 1. The Morgan fingerprint density at radius 3 is 2.40 bits per heavy atom. The van der Waals surface area contributed by atoms with Crippen LogP contribution in [0.5, 0.6) is 0 Å². The van der Waals surface area contributed by atoms with Crippen LogP contribution < -0.4 is 5.56 Å². The minimum absolute atomic E-state index is 0.118. The number of aromatic nitrogens is 1. The van der Waals surface area contributed by atoms with Crippen molar-refractivity contribution in [3.05, 3.63) is 27.5 Å². The fourth-order valence-corrected chi connectivity index (χ4v) is 2.23. The van der Waals surface area contributed by atoms with E-state index < -0.39 is 31.6 Å². The lowest BCUT2D eigenvalue weighted by molar-refractivity contribution is 0.146. The van der Waals surface area contributed by atoms with Crippen molar-refractivity contribution >= 4 is 19.7 Å². The summed E-state index contributed by atoms with van der Waals surface area (Å²) in [6, 6.07) is 0.882. The van der Waals surface area contributed by atoms with Crippen molar-refractivity contribution in [2.24, 2.45) is 0 Å². The summed E-state index contributed by atoms with van der Waals surface area (Å²) in [5, 5.41) is -0.941. The van der Waals surface area contributed by atoms with Gasteiger partial charge in [0, 0.05) is 16.7 Å². The van der Waals surface area contributed by atoms with Crippen molar-refractivity contribution in [2.45, 2.75) is 18.4 Å². The highest BCUT2D eigenvalue weighted by Crippen LogP contribution is 2.28. The number of H-pyrrole nitrogens is 1. The molecule has 84 valence electrons. The molecule has 0 aliphatic rings. The fourth-order valence-electron chi connectivity index (χ4n) is 1.13. The van der Waals surface area contributed by atoms with Gasteiger partial charge in [0.05, 0.1) is 5.56 Å². The molecule has 0 bridgehead atoms. The van der Waals surface area contributed by atoms with Crippen LogP contribution >= 0.6 is 10.7 Å². The van der Waals surface area contributed by atoms with Crippen LogP contribution in [0.2, 0.25) is 0 Å². The van der Waals surface area contributed by atoms with Gasteiger partial charge in [-0.15, -0.1) is 0 Å². The molecular weight excluding hydrogens is 252 g/mol. The highest BCUT2D eigenvalue weighted by atomic mass is 35.7. The highest BCUT2D eigenvalue weighted by Gasteiger charge is 2.25. The van der Waals surface area contributed by atoms with Gasteiger partial charge < -0.3 is 4.98 Å². The Morgan fingerprint density at radius 1 is 1.47 bits per heavy atom. The zero-order valence-corrected chi connectivity index (χ0v) is 8.99. The Labute approximate surface area is 88.3 Å². The summed E-state index contributed by atoms with van der Waals surface area (Å²) in [6.07, 6.45) is -3.02. The molecule has 0 aliphatic carbocycles. The molecule has 1 N–H and O–H groups in total. The topological polar surface area (TPSA) is 67.0 Å². The quantitative estimate of drug-likeness (QED) is 0.818. The summed E-state index contributed by atoms with van der Waals surface area (Å²) in [5.74, 6) is 0. The molecule has 0 unspecified atom stereocenters. The maximum Gasteiger partial charge on any atom is 0.277 e. The lowest BCUT2D eigenvalue weighted by Crippen LogP contribution is -2.14. The lowest BCUT2D eigenvalue weighted by atomic mass is 10.2. The number of halogens is 3. The van der Waals surface area contributed by atoms with Crippen molar-refractivity contribution in [3.8, 4) is 0 Å². The van der Waals surface area contributed by atoms with Gasteiger partial charge in [0.15, 0.2) is 5.03 Å². The van der Waals surface area contributed by atoms with Gasteiger partial charge in [0.2, 0.25) is 5.56 Å². The van der Waals surface area contributed by atoms with Crippen LogP contribution in [0.15, 0.2) is 15.9 Å². The molecule has 0 aromatic carbocycles. The average molecular weight is 258 g/mol. The molecule has 1 rings (SSSR count). The molecular formula is C7H6ClF2NO3S. The number of aromatic amines is 1. The molecule has 15 heavy (non-hydrogen) atoms. The monoisotopic (exact) mass is 257 g/mol. The number of hydrogen-bond acceptors (Lipinski definition) is 3. The van der Waals surface area contributed by atoms with E-state index in [4.69, 9.17) is 10.7 Å². The van der Waals surface area contributed by atoms with Crippen LogP contribution in [-0.2, 0) is 9.05 Å². The smallest absolute Gasteiger partial charge is 0.277 e. The van der Waals surface area contributed by atoms with Crippen molar-refractivity contribution in [1.29, 1.82) is 0 Å². The van der Waals surface area contributed by atoms with Gasteiger partial charge in [-0.1, -0.05) is 0 Å². The molecule has 1 aromatic heterocycles. The van der Waals surface area contributed by atoms with Gasteiger partial charge in [0.25, 0.3) is 15.5 Å². The normalized spacial score (nSPS) is 12.1. The van der Waals surface area contributed by atoms with E-state index >= 15 is 0 Å². The highest BCUT2D eigenvalue weighted by molar-refractivity contribution is 8.13. The zero-order valence-electron chi connectivity index (χ0n) is 7.42. The van der Waals surface area contributed by atoms with Crippen LogP contribution in [0.25, 0.3) is 0 Å². The summed E-state index contributed by atoms with van der Waals surface area (Å²) < 4.78 is 46.9. The first kappa shape index (κ1) is 12.1. The van der Waals surface area contributed by atoms with Crippen LogP contribution in [0.3, 0.4) is 0 Å². The number of aryl methyl sites for hydroxylation is 1. The van der Waals surface area contributed by atoms with E-state index in [0.717, 1.165) is 6.07 Å². The number of hydrogen-bond donors (Lipinski definition) is 1. The second kappa shape index (κ2) is 3.90. The molecule has 8 heteroatoms. The van der Waals surface area contributed by atoms with E-state index in [0.29, 0.717) is 0 Å². The maximum atomic E-state index is 12.5. The summed E-state index contributed by atoms with van der Waals surface area (Å²) in [4.78, 5) is 12.7. The van der Waals surface area contributed by atoms with Crippen LogP contribution in [0.1, 0.15) is 17.6 Å². The van der Waals surface area contributed by atoms with Crippen LogP contribution in [-0.4, -0.2) is 13.4 Å². The predicted molar refractivity (Wildman–Crippen MR) is 49.8 cm³/mol. The Kier molecular flexibility index (Phi) is 3.15. The van der Waals surface area contributed by atoms with Crippen molar-refractivity contribution in [2.75, 3.05) is 0 Å². The molecule has 4 nitrogen and oxygen atoms in total. The molecule has 0 saturated carbocycles. The van der Waals surface area contributed by atoms with E-state index in [1.165, 1.54) is 6.92 Å². The number of rotatable bonds is 2. The molecule has 1 heterocycles. The molecule has 0 aliphatic heterocycles. The van der Waals surface area contributed by atoms with Crippen molar-refractivity contribution in [3.63, 3.8) is 0 Å². The second-order valence-electron chi connectivity index (χ2n) is 2.80. The summed E-state index contributed by atoms with van der Waals surface area (Å²) in [5.41, 5.74) is -1.69. The first-order valence-corrected chi connectivity index (χ1v) is 6.01. The summed E-state index contributed by atoms with van der Waals surface area (Å²) in [6.45, 7) is 1.21. The Bertz CT molecular complexity index is 538. The first-order valence-electron chi connectivity index (χ1n) is 3.70. The minimum Gasteiger partial charge on any atom is -0.312 e. The Morgan fingerprint density at radius 2 is 2.00 bits per heavy atom. The van der Waals surface area contributed by atoms with Crippen LogP contribution in [0, 0.1) is 6.92 Å². The number of pyridine rings is 1. The first-order chi connectivity index (χ1) is 6.73.